The molecule has 4 N–H and O–H groups in total. The maximum Gasteiger partial charge on any atom is 0.144 e. The van der Waals surface area contributed by atoms with Crippen molar-refractivity contribution in [1.29, 1.82) is 0 Å². The molecule has 1 aromatic rings. The number of aliphatic imine (C=N–C) groups is 1. The van der Waals surface area contributed by atoms with Gasteiger partial charge in [-0.3, -0.25) is 9.98 Å². The molecular formula is C11H18N4. The zero-order chi connectivity index (χ0) is 11.3. The maximum absolute atomic E-state index is 5.74. The molecule has 1 aromatic heterocycles. The average Bonchev–Trinajstić information content (AvgIpc) is 2.26. The van der Waals surface area contributed by atoms with Crippen LogP contribution in [0.3, 0.4) is 0 Å². The smallest absolute Gasteiger partial charge is 0.144 e. The number of nitrogens with zero attached hydrogens (tertiary/aromatic N) is 2. The van der Waals surface area contributed by atoms with Crippen molar-refractivity contribution in [1.82, 2.24) is 4.98 Å². The minimum atomic E-state index is 0.454. The Hall–Kier alpha value is -1.42. The molecule has 0 unspecified atom stereocenters. The number of rotatable bonds is 4. The molecule has 0 radical (unpaired) electrons. The molecule has 0 fully saturated rings. The van der Waals surface area contributed by atoms with E-state index in [1.54, 1.807) is 0 Å². The van der Waals surface area contributed by atoms with Gasteiger partial charge in [-0.15, -0.1) is 0 Å². The van der Waals surface area contributed by atoms with Crippen molar-refractivity contribution in [3.63, 3.8) is 0 Å². The van der Waals surface area contributed by atoms with Gasteiger partial charge in [0.1, 0.15) is 11.5 Å². The van der Waals surface area contributed by atoms with Gasteiger partial charge in [-0.1, -0.05) is 19.9 Å². The predicted molar refractivity (Wildman–Crippen MR) is 63.0 cm³/mol. The number of nitrogens with two attached hydrogens (primary N) is 2. The van der Waals surface area contributed by atoms with E-state index in [1.807, 2.05) is 18.3 Å². The molecule has 0 spiro atoms. The van der Waals surface area contributed by atoms with Crippen LogP contribution >= 0.6 is 0 Å². The lowest BCUT2D eigenvalue weighted by Crippen LogP contribution is -2.17. The van der Waals surface area contributed by atoms with Crippen LogP contribution in [0.5, 0.6) is 0 Å². The van der Waals surface area contributed by atoms with Gasteiger partial charge in [0.2, 0.25) is 0 Å². The third-order valence-electron chi connectivity index (χ3n) is 2.13. The van der Waals surface area contributed by atoms with Crippen molar-refractivity contribution >= 4 is 5.84 Å². The van der Waals surface area contributed by atoms with Gasteiger partial charge in [0.15, 0.2) is 0 Å². The van der Waals surface area contributed by atoms with Crippen LogP contribution in [0, 0.1) is 0 Å². The van der Waals surface area contributed by atoms with Crippen molar-refractivity contribution in [2.24, 2.45) is 16.5 Å². The van der Waals surface area contributed by atoms with Crippen molar-refractivity contribution < 1.29 is 0 Å². The third-order valence-corrected chi connectivity index (χ3v) is 2.13. The van der Waals surface area contributed by atoms with E-state index in [0.717, 1.165) is 0 Å². The van der Waals surface area contributed by atoms with E-state index >= 15 is 0 Å². The van der Waals surface area contributed by atoms with Crippen LogP contribution in [0.1, 0.15) is 31.0 Å². The van der Waals surface area contributed by atoms with Crippen molar-refractivity contribution in [2.75, 3.05) is 13.1 Å². The summed E-state index contributed by atoms with van der Waals surface area (Å²) in [6.45, 7) is 5.30. The summed E-state index contributed by atoms with van der Waals surface area (Å²) < 4.78 is 0. The van der Waals surface area contributed by atoms with Gasteiger partial charge < -0.3 is 11.5 Å². The second-order valence-electron chi connectivity index (χ2n) is 3.69. The average molecular weight is 206 g/mol. The summed E-state index contributed by atoms with van der Waals surface area (Å²) in [5.41, 5.74) is 13.0. The van der Waals surface area contributed by atoms with Gasteiger partial charge >= 0.3 is 0 Å². The molecule has 0 amide bonds. The van der Waals surface area contributed by atoms with E-state index in [2.05, 4.69) is 23.8 Å². The lowest BCUT2D eigenvalue weighted by molar-refractivity contribution is 0.857. The van der Waals surface area contributed by atoms with E-state index in [1.165, 1.54) is 5.56 Å². The maximum atomic E-state index is 5.74. The minimum Gasteiger partial charge on any atom is -0.382 e. The summed E-state index contributed by atoms with van der Waals surface area (Å²) in [5.74, 6) is 0.935. The van der Waals surface area contributed by atoms with Gasteiger partial charge in [0, 0.05) is 12.7 Å². The summed E-state index contributed by atoms with van der Waals surface area (Å²) in [6, 6.07) is 3.92. The molecule has 0 saturated heterocycles. The molecule has 0 aliphatic rings. The Bertz CT molecular complexity index is 327. The van der Waals surface area contributed by atoms with Gasteiger partial charge in [-0.05, 0) is 17.5 Å². The summed E-state index contributed by atoms with van der Waals surface area (Å²) >= 11 is 0. The summed E-state index contributed by atoms with van der Waals surface area (Å²) in [6.07, 6.45) is 1.84. The van der Waals surface area contributed by atoms with E-state index in [4.69, 9.17) is 11.5 Å². The molecular weight excluding hydrogens is 188 g/mol. The van der Waals surface area contributed by atoms with E-state index in [0.29, 0.717) is 30.5 Å². The first-order valence-electron chi connectivity index (χ1n) is 5.11. The highest BCUT2D eigenvalue weighted by molar-refractivity contribution is 5.95. The Morgan fingerprint density at radius 3 is 2.67 bits per heavy atom. The summed E-state index contributed by atoms with van der Waals surface area (Å²) in [4.78, 5) is 8.35. The molecule has 4 heteroatoms. The van der Waals surface area contributed by atoms with Gasteiger partial charge in [-0.25, -0.2) is 0 Å². The highest BCUT2D eigenvalue weighted by Crippen LogP contribution is 2.12. The van der Waals surface area contributed by atoms with Crippen molar-refractivity contribution in [2.45, 2.75) is 19.8 Å². The summed E-state index contributed by atoms with van der Waals surface area (Å²) in [5, 5.41) is 0. The van der Waals surface area contributed by atoms with E-state index in [-0.39, 0.29) is 0 Å². The van der Waals surface area contributed by atoms with Gasteiger partial charge in [0.05, 0.1) is 6.54 Å². The molecule has 0 aliphatic carbocycles. The molecule has 82 valence electrons. The molecule has 0 bridgehead atoms. The van der Waals surface area contributed by atoms with Crippen LogP contribution in [0.15, 0.2) is 23.3 Å². The Balaban J connectivity index is 2.79. The van der Waals surface area contributed by atoms with Crippen molar-refractivity contribution in [3.05, 3.63) is 29.6 Å². The highest BCUT2D eigenvalue weighted by Gasteiger charge is 2.02. The predicted octanol–water partition coefficient (Wildman–Crippen LogP) is 0.869. The zero-order valence-corrected chi connectivity index (χ0v) is 9.27. The van der Waals surface area contributed by atoms with Crippen LogP contribution in [-0.4, -0.2) is 23.9 Å². The fourth-order valence-corrected chi connectivity index (χ4v) is 1.16. The largest absolute Gasteiger partial charge is 0.382 e. The number of amidine groups is 1. The SMILES string of the molecule is CC(C)c1ccc(C(N)=NCCN)nc1. The fourth-order valence-electron chi connectivity index (χ4n) is 1.16. The Morgan fingerprint density at radius 1 is 1.47 bits per heavy atom. The van der Waals surface area contributed by atoms with Crippen LogP contribution in [0.2, 0.25) is 0 Å². The molecule has 15 heavy (non-hydrogen) atoms. The topological polar surface area (TPSA) is 77.3 Å². The lowest BCUT2D eigenvalue weighted by Gasteiger charge is -2.05. The van der Waals surface area contributed by atoms with Crippen molar-refractivity contribution in [3.8, 4) is 0 Å². The Morgan fingerprint density at radius 2 is 2.20 bits per heavy atom. The molecule has 0 aromatic carbocycles. The van der Waals surface area contributed by atoms with E-state index < -0.39 is 0 Å². The molecule has 1 rings (SSSR count). The number of hydrogen-bond donors (Lipinski definition) is 2. The first-order valence-corrected chi connectivity index (χ1v) is 5.11. The zero-order valence-electron chi connectivity index (χ0n) is 9.27. The normalized spacial score (nSPS) is 12.1. The number of pyridine rings is 1. The molecule has 1 heterocycles. The molecule has 0 saturated carbocycles. The van der Waals surface area contributed by atoms with E-state index in [9.17, 15) is 0 Å². The third kappa shape index (κ3) is 3.32. The monoisotopic (exact) mass is 206 g/mol. The molecule has 0 aliphatic heterocycles. The molecule has 0 atom stereocenters. The number of hydrogen-bond acceptors (Lipinski definition) is 3. The lowest BCUT2D eigenvalue weighted by atomic mass is 10.1. The van der Waals surface area contributed by atoms with Crippen LogP contribution < -0.4 is 11.5 Å². The van der Waals surface area contributed by atoms with Crippen LogP contribution in [0.4, 0.5) is 0 Å². The van der Waals surface area contributed by atoms with Crippen LogP contribution in [0.25, 0.3) is 0 Å². The highest BCUT2D eigenvalue weighted by atomic mass is 14.9. The van der Waals surface area contributed by atoms with Gasteiger partial charge in [0.25, 0.3) is 0 Å². The summed E-state index contributed by atoms with van der Waals surface area (Å²) in [7, 11) is 0. The first kappa shape index (κ1) is 11.7. The fraction of sp³-hybridized carbons (Fsp3) is 0.455. The standard InChI is InChI=1S/C11H18N4/c1-8(2)9-3-4-10(15-7-9)11(13)14-6-5-12/h3-4,7-8H,5-6,12H2,1-2H3,(H2,13,14). The Labute approximate surface area is 90.4 Å². The molecule has 4 nitrogen and oxygen atoms in total. The second kappa shape index (κ2) is 5.46. The second-order valence-corrected chi connectivity index (χ2v) is 3.69. The minimum absolute atomic E-state index is 0.454. The van der Waals surface area contributed by atoms with Gasteiger partial charge in [-0.2, -0.15) is 0 Å². The quantitative estimate of drug-likeness (QED) is 0.567. The Kier molecular flexibility index (Phi) is 4.24. The number of aromatic nitrogens is 1. The first-order chi connectivity index (χ1) is 7.15. The van der Waals surface area contributed by atoms with Crippen LogP contribution in [-0.2, 0) is 0 Å².